The highest BCUT2D eigenvalue weighted by molar-refractivity contribution is 5.80. The van der Waals surface area contributed by atoms with Gasteiger partial charge >= 0.3 is 0 Å². The van der Waals surface area contributed by atoms with Crippen molar-refractivity contribution in [3.63, 3.8) is 0 Å². The number of nitrogens with zero attached hydrogens (tertiary/aromatic N) is 4. The maximum atomic E-state index is 10.2. The summed E-state index contributed by atoms with van der Waals surface area (Å²) in [5.74, 6) is 1.52. The highest BCUT2D eigenvalue weighted by Gasteiger charge is 2.35. The number of hydrogen-bond donors (Lipinski definition) is 2. The van der Waals surface area contributed by atoms with Crippen LogP contribution >= 0.6 is 0 Å². The van der Waals surface area contributed by atoms with Crippen LogP contribution in [0.25, 0.3) is 0 Å². The van der Waals surface area contributed by atoms with Crippen LogP contribution in [0.5, 0.6) is 0 Å². The van der Waals surface area contributed by atoms with Crippen molar-refractivity contribution in [3.8, 4) is 0 Å². The van der Waals surface area contributed by atoms with Crippen molar-refractivity contribution in [1.82, 2.24) is 19.8 Å². The summed E-state index contributed by atoms with van der Waals surface area (Å²) in [5, 5.41) is 13.6. The second kappa shape index (κ2) is 6.28. The monoisotopic (exact) mass is 305 g/mol. The zero-order chi connectivity index (χ0) is 15.6. The summed E-state index contributed by atoms with van der Waals surface area (Å²) in [6, 6.07) is 0.418. The molecule has 22 heavy (non-hydrogen) atoms. The summed E-state index contributed by atoms with van der Waals surface area (Å²) in [7, 11) is 1.82. The molecule has 122 valence electrons. The fourth-order valence-electron chi connectivity index (χ4n) is 3.43. The minimum atomic E-state index is -0.525. The van der Waals surface area contributed by atoms with Gasteiger partial charge in [-0.2, -0.15) is 0 Å². The fraction of sp³-hybridized carbons (Fsp3) is 0.750. The number of hydrogen-bond acceptors (Lipinski definition) is 3. The standard InChI is InChI=1S/C16H27N5O/c1-13-4-8-20(10-14(13)21-9-7-18-12-21)15(17-2)19-11-16(22)5-3-6-16/h7,9,12-14,22H,3-6,8,10-11H2,1-2H3,(H,17,19). The molecule has 1 aliphatic carbocycles. The Balaban J connectivity index is 1.62. The summed E-state index contributed by atoms with van der Waals surface area (Å²) < 4.78 is 2.20. The summed E-state index contributed by atoms with van der Waals surface area (Å²) in [6.07, 6.45) is 9.83. The van der Waals surface area contributed by atoms with Gasteiger partial charge in [-0.25, -0.2) is 4.98 Å². The van der Waals surface area contributed by atoms with Crippen molar-refractivity contribution < 1.29 is 5.11 Å². The molecule has 0 bridgehead atoms. The lowest BCUT2D eigenvalue weighted by Crippen LogP contribution is -2.54. The number of guanidine groups is 1. The number of nitrogens with one attached hydrogen (secondary N) is 1. The number of imidazole rings is 1. The molecule has 2 atom stereocenters. The number of aliphatic hydroxyl groups is 1. The molecule has 0 aromatic carbocycles. The summed E-state index contributed by atoms with van der Waals surface area (Å²) in [4.78, 5) is 10.9. The van der Waals surface area contributed by atoms with Gasteiger partial charge in [-0.15, -0.1) is 0 Å². The molecule has 6 heteroatoms. The van der Waals surface area contributed by atoms with E-state index in [1.54, 1.807) is 0 Å². The molecule has 6 nitrogen and oxygen atoms in total. The summed E-state index contributed by atoms with van der Waals surface area (Å²) >= 11 is 0. The molecule has 2 N–H and O–H groups in total. The summed E-state index contributed by atoms with van der Waals surface area (Å²) in [5.41, 5.74) is -0.525. The molecule has 0 amide bonds. The Labute approximate surface area is 132 Å². The number of rotatable bonds is 3. The third-order valence-electron chi connectivity index (χ3n) is 5.20. The van der Waals surface area contributed by atoms with Gasteiger partial charge in [0.15, 0.2) is 5.96 Å². The van der Waals surface area contributed by atoms with E-state index in [2.05, 4.69) is 31.7 Å². The van der Waals surface area contributed by atoms with Crippen molar-refractivity contribution in [3.05, 3.63) is 18.7 Å². The number of aromatic nitrogens is 2. The van der Waals surface area contributed by atoms with Crippen LogP contribution in [0.3, 0.4) is 0 Å². The first-order valence-corrected chi connectivity index (χ1v) is 8.27. The van der Waals surface area contributed by atoms with E-state index in [-0.39, 0.29) is 0 Å². The van der Waals surface area contributed by atoms with Gasteiger partial charge in [-0.1, -0.05) is 6.92 Å². The van der Waals surface area contributed by atoms with E-state index in [4.69, 9.17) is 0 Å². The zero-order valence-corrected chi connectivity index (χ0v) is 13.6. The zero-order valence-electron chi connectivity index (χ0n) is 13.6. The Morgan fingerprint density at radius 2 is 2.32 bits per heavy atom. The molecular formula is C16H27N5O. The molecule has 0 spiro atoms. The third kappa shape index (κ3) is 3.11. The van der Waals surface area contributed by atoms with Crippen LogP contribution in [0.2, 0.25) is 0 Å². The predicted octanol–water partition coefficient (Wildman–Crippen LogP) is 1.26. The number of aliphatic imine (C=N–C) groups is 1. The first-order valence-electron chi connectivity index (χ1n) is 8.27. The van der Waals surface area contributed by atoms with Gasteiger partial charge < -0.3 is 19.9 Å². The smallest absolute Gasteiger partial charge is 0.193 e. The molecule has 2 fully saturated rings. The normalized spacial score (nSPS) is 28.3. The highest BCUT2D eigenvalue weighted by atomic mass is 16.3. The van der Waals surface area contributed by atoms with Crippen LogP contribution in [-0.4, -0.2) is 57.8 Å². The Hall–Kier alpha value is -1.56. The largest absolute Gasteiger partial charge is 0.388 e. The van der Waals surface area contributed by atoms with Gasteiger partial charge in [0.2, 0.25) is 0 Å². The van der Waals surface area contributed by atoms with Crippen molar-refractivity contribution in [1.29, 1.82) is 0 Å². The molecular weight excluding hydrogens is 278 g/mol. The lowest BCUT2D eigenvalue weighted by atomic mass is 9.80. The predicted molar refractivity (Wildman–Crippen MR) is 86.8 cm³/mol. The molecule has 2 aliphatic rings. The minimum absolute atomic E-state index is 0.418. The van der Waals surface area contributed by atoms with Crippen molar-refractivity contribution in [2.75, 3.05) is 26.7 Å². The quantitative estimate of drug-likeness (QED) is 0.652. The Morgan fingerprint density at radius 3 is 2.91 bits per heavy atom. The van der Waals surface area contributed by atoms with Crippen LogP contribution in [0, 0.1) is 5.92 Å². The average molecular weight is 305 g/mol. The van der Waals surface area contributed by atoms with Crippen molar-refractivity contribution in [2.24, 2.45) is 10.9 Å². The Kier molecular flexibility index (Phi) is 4.38. The fourth-order valence-corrected chi connectivity index (χ4v) is 3.43. The van der Waals surface area contributed by atoms with Crippen molar-refractivity contribution in [2.45, 2.75) is 44.2 Å². The average Bonchev–Trinajstić information content (AvgIpc) is 3.01. The summed E-state index contributed by atoms with van der Waals surface area (Å²) in [6.45, 7) is 4.83. The first-order chi connectivity index (χ1) is 10.6. The molecule has 1 saturated carbocycles. The van der Waals surface area contributed by atoms with E-state index in [1.165, 1.54) is 0 Å². The molecule has 2 unspecified atom stereocenters. The second-order valence-electron chi connectivity index (χ2n) is 6.77. The van der Waals surface area contributed by atoms with E-state index < -0.39 is 5.60 Å². The maximum absolute atomic E-state index is 10.2. The van der Waals surface area contributed by atoms with Crippen LogP contribution in [0.4, 0.5) is 0 Å². The van der Waals surface area contributed by atoms with E-state index in [0.717, 1.165) is 44.7 Å². The number of likely N-dealkylation sites (tertiary alicyclic amines) is 1. The Bertz CT molecular complexity index is 509. The van der Waals surface area contributed by atoms with E-state index in [0.29, 0.717) is 18.5 Å². The van der Waals surface area contributed by atoms with Crippen molar-refractivity contribution >= 4 is 5.96 Å². The number of piperidine rings is 1. The van der Waals surface area contributed by atoms with Crippen LogP contribution in [-0.2, 0) is 0 Å². The molecule has 0 radical (unpaired) electrons. The maximum Gasteiger partial charge on any atom is 0.193 e. The Morgan fingerprint density at radius 1 is 1.50 bits per heavy atom. The lowest BCUT2D eigenvalue weighted by molar-refractivity contribution is -0.0284. The second-order valence-corrected chi connectivity index (χ2v) is 6.77. The van der Waals surface area contributed by atoms with Gasteiger partial charge in [-0.05, 0) is 31.6 Å². The van der Waals surface area contributed by atoms with E-state index in [1.807, 2.05) is 25.8 Å². The van der Waals surface area contributed by atoms with Crippen LogP contribution in [0.1, 0.15) is 38.6 Å². The topological polar surface area (TPSA) is 65.7 Å². The molecule has 1 saturated heterocycles. The van der Waals surface area contributed by atoms with Gasteiger partial charge in [-0.3, -0.25) is 4.99 Å². The molecule has 3 rings (SSSR count). The van der Waals surface area contributed by atoms with E-state index >= 15 is 0 Å². The van der Waals surface area contributed by atoms with E-state index in [9.17, 15) is 5.11 Å². The van der Waals surface area contributed by atoms with Gasteiger partial charge in [0, 0.05) is 39.1 Å². The van der Waals surface area contributed by atoms with Crippen LogP contribution in [0.15, 0.2) is 23.7 Å². The third-order valence-corrected chi connectivity index (χ3v) is 5.20. The minimum Gasteiger partial charge on any atom is -0.388 e. The molecule has 1 aromatic heterocycles. The molecule has 1 aliphatic heterocycles. The van der Waals surface area contributed by atoms with Gasteiger partial charge in [0.05, 0.1) is 18.0 Å². The van der Waals surface area contributed by atoms with Crippen LogP contribution < -0.4 is 5.32 Å². The SMILES string of the molecule is CN=C(NCC1(O)CCC1)N1CCC(C)C(n2ccnc2)C1. The first kappa shape index (κ1) is 15.3. The molecule has 2 heterocycles. The molecule has 1 aromatic rings. The lowest BCUT2D eigenvalue weighted by Gasteiger charge is -2.41. The highest BCUT2D eigenvalue weighted by Crippen LogP contribution is 2.31. The van der Waals surface area contributed by atoms with Gasteiger partial charge in [0.25, 0.3) is 0 Å². The van der Waals surface area contributed by atoms with Gasteiger partial charge in [0.1, 0.15) is 0 Å².